The molecule has 3 aromatic rings. The Morgan fingerprint density at radius 1 is 1.05 bits per heavy atom. The third kappa shape index (κ3) is 2.94. The van der Waals surface area contributed by atoms with E-state index < -0.39 is 0 Å². The van der Waals surface area contributed by atoms with Gasteiger partial charge in [0.15, 0.2) is 5.78 Å². The summed E-state index contributed by atoms with van der Waals surface area (Å²) in [6.07, 6.45) is 5.56. The summed E-state index contributed by atoms with van der Waals surface area (Å²) in [7, 11) is 0. The van der Waals surface area contributed by atoms with Crippen LogP contribution in [0, 0.1) is 0 Å². The summed E-state index contributed by atoms with van der Waals surface area (Å²) in [4.78, 5) is 12.6. The summed E-state index contributed by atoms with van der Waals surface area (Å²) in [6, 6.07) is 18.0. The molecule has 0 aliphatic carbocycles. The Morgan fingerprint density at radius 3 is 2.52 bits per heavy atom. The lowest BCUT2D eigenvalue weighted by molar-refractivity contribution is 0.104. The number of carbonyl (C=O) groups is 1. The van der Waals surface area contributed by atoms with E-state index in [0.717, 1.165) is 20.7 Å². The number of carbonyl (C=O) groups excluding carboxylic acids is 1. The van der Waals surface area contributed by atoms with E-state index in [1.54, 1.807) is 29.2 Å². The van der Waals surface area contributed by atoms with Crippen LogP contribution in [0.1, 0.15) is 15.9 Å². The lowest BCUT2D eigenvalue weighted by Gasteiger charge is -1.98. The van der Waals surface area contributed by atoms with Crippen molar-refractivity contribution in [3.8, 4) is 0 Å². The van der Waals surface area contributed by atoms with Gasteiger partial charge in [-0.3, -0.25) is 4.79 Å². The zero-order valence-corrected chi connectivity index (χ0v) is 13.2. The zero-order chi connectivity index (χ0) is 14.7. The number of thiophene rings is 1. The van der Waals surface area contributed by atoms with Crippen LogP contribution in [0.2, 0.25) is 0 Å². The van der Waals surface area contributed by atoms with Gasteiger partial charge in [0.1, 0.15) is 0 Å². The molecule has 0 unspecified atom stereocenters. The summed E-state index contributed by atoms with van der Waals surface area (Å²) in [5.74, 6) is 0.0700. The Labute approximate surface area is 132 Å². The van der Waals surface area contributed by atoms with Gasteiger partial charge in [0.05, 0.1) is 9.77 Å². The molecular formula is C18H14OS2. The van der Waals surface area contributed by atoms with Crippen LogP contribution < -0.4 is 0 Å². The Kier molecular flexibility index (Phi) is 4.23. The monoisotopic (exact) mass is 310 g/mol. The lowest BCUT2D eigenvalue weighted by Crippen LogP contribution is -1.94. The molecule has 1 nitrogen and oxygen atoms in total. The maximum Gasteiger partial charge on any atom is 0.188 e. The number of hydrogen-bond donors (Lipinski definition) is 0. The molecule has 1 aromatic heterocycles. The number of thioether (sulfide) groups is 1. The molecule has 3 rings (SSSR count). The van der Waals surface area contributed by atoms with Crippen molar-refractivity contribution in [3.63, 3.8) is 0 Å². The van der Waals surface area contributed by atoms with E-state index in [9.17, 15) is 4.79 Å². The number of ketones is 1. The van der Waals surface area contributed by atoms with E-state index in [2.05, 4.69) is 6.07 Å². The van der Waals surface area contributed by atoms with Crippen LogP contribution in [0.4, 0.5) is 0 Å². The van der Waals surface area contributed by atoms with Gasteiger partial charge >= 0.3 is 0 Å². The Morgan fingerprint density at radius 2 is 1.76 bits per heavy atom. The molecule has 0 radical (unpaired) electrons. The van der Waals surface area contributed by atoms with Gasteiger partial charge in [-0.2, -0.15) is 0 Å². The van der Waals surface area contributed by atoms with E-state index in [1.165, 1.54) is 4.70 Å². The molecule has 0 aliphatic rings. The van der Waals surface area contributed by atoms with Crippen molar-refractivity contribution in [2.75, 3.05) is 6.26 Å². The SMILES string of the molecule is CSc1sc2ccccc2c1C(=O)/C=C/c1ccccc1. The van der Waals surface area contributed by atoms with Crippen molar-refractivity contribution in [2.24, 2.45) is 0 Å². The first-order valence-corrected chi connectivity index (χ1v) is 8.66. The van der Waals surface area contributed by atoms with E-state index in [-0.39, 0.29) is 5.78 Å². The molecule has 0 saturated carbocycles. The summed E-state index contributed by atoms with van der Waals surface area (Å²) in [5, 5.41) is 1.05. The van der Waals surface area contributed by atoms with Crippen LogP contribution in [0.15, 0.2) is 64.9 Å². The van der Waals surface area contributed by atoms with Gasteiger partial charge < -0.3 is 0 Å². The first kappa shape index (κ1) is 14.1. The van der Waals surface area contributed by atoms with Crippen molar-refractivity contribution in [2.45, 2.75) is 4.21 Å². The molecule has 0 fully saturated rings. The third-order valence-corrected chi connectivity index (χ3v) is 5.51. The third-order valence-electron chi connectivity index (χ3n) is 3.22. The number of hydrogen-bond acceptors (Lipinski definition) is 3. The molecule has 0 aliphatic heterocycles. The molecule has 3 heteroatoms. The summed E-state index contributed by atoms with van der Waals surface area (Å²) >= 11 is 3.32. The molecular weight excluding hydrogens is 296 g/mol. The normalized spacial score (nSPS) is 11.3. The number of benzene rings is 2. The molecule has 21 heavy (non-hydrogen) atoms. The minimum Gasteiger partial charge on any atom is -0.289 e. The largest absolute Gasteiger partial charge is 0.289 e. The zero-order valence-electron chi connectivity index (χ0n) is 11.6. The molecule has 1 heterocycles. The van der Waals surface area contributed by atoms with Crippen molar-refractivity contribution < 1.29 is 4.79 Å². The number of allylic oxidation sites excluding steroid dienone is 1. The van der Waals surface area contributed by atoms with Crippen molar-refractivity contribution in [1.82, 2.24) is 0 Å². The summed E-state index contributed by atoms with van der Waals surface area (Å²) in [5.41, 5.74) is 1.87. The van der Waals surface area contributed by atoms with Crippen LogP contribution in [-0.2, 0) is 0 Å². The van der Waals surface area contributed by atoms with E-state index in [1.807, 2.05) is 60.9 Å². The van der Waals surface area contributed by atoms with E-state index in [0.29, 0.717) is 0 Å². The first-order chi connectivity index (χ1) is 10.3. The molecule has 0 bridgehead atoms. The van der Waals surface area contributed by atoms with Gasteiger partial charge in [0, 0.05) is 10.1 Å². The van der Waals surface area contributed by atoms with Crippen LogP contribution in [0.25, 0.3) is 16.2 Å². The number of fused-ring (bicyclic) bond motifs is 1. The Hall–Kier alpha value is -1.84. The fraction of sp³-hybridized carbons (Fsp3) is 0.0556. The summed E-state index contributed by atoms with van der Waals surface area (Å²) < 4.78 is 2.25. The topological polar surface area (TPSA) is 17.1 Å². The molecule has 2 aromatic carbocycles. The van der Waals surface area contributed by atoms with Gasteiger partial charge in [-0.1, -0.05) is 54.6 Å². The highest BCUT2D eigenvalue weighted by molar-refractivity contribution is 8.00. The first-order valence-electron chi connectivity index (χ1n) is 6.62. The highest BCUT2D eigenvalue weighted by Gasteiger charge is 2.16. The predicted molar refractivity (Wildman–Crippen MR) is 93.4 cm³/mol. The molecule has 0 N–H and O–H groups in total. The van der Waals surface area contributed by atoms with Gasteiger partial charge in [-0.15, -0.1) is 23.1 Å². The standard InChI is InChI=1S/C18H14OS2/c1-20-18-17(14-9-5-6-10-16(14)21-18)15(19)12-11-13-7-3-2-4-8-13/h2-12H,1H3/b12-11+. The quantitative estimate of drug-likeness (QED) is 0.358. The highest BCUT2D eigenvalue weighted by Crippen LogP contribution is 2.37. The van der Waals surface area contributed by atoms with E-state index >= 15 is 0 Å². The molecule has 0 amide bonds. The highest BCUT2D eigenvalue weighted by atomic mass is 32.2. The molecule has 0 atom stereocenters. The van der Waals surface area contributed by atoms with Gasteiger partial charge in [0.2, 0.25) is 0 Å². The average Bonchev–Trinajstić information content (AvgIpc) is 2.92. The van der Waals surface area contributed by atoms with Crippen LogP contribution in [-0.4, -0.2) is 12.0 Å². The second-order valence-corrected chi connectivity index (χ2v) is 6.70. The Balaban J connectivity index is 2.00. The van der Waals surface area contributed by atoms with Gasteiger partial charge in [0.25, 0.3) is 0 Å². The van der Waals surface area contributed by atoms with E-state index in [4.69, 9.17) is 0 Å². The number of rotatable bonds is 4. The van der Waals surface area contributed by atoms with Gasteiger partial charge in [-0.25, -0.2) is 0 Å². The van der Waals surface area contributed by atoms with Crippen molar-refractivity contribution >= 4 is 45.0 Å². The minimum absolute atomic E-state index is 0.0700. The van der Waals surface area contributed by atoms with Crippen LogP contribution >= 0.6 is 23.1 Å². The average molecular weight is 310 g/mol. The fourth-order valence-electron chi connectivity index (χ4n) is 2.22. The van der Waals surface area contributed by atoms with Gasteiger partial charge in [-0.05, 0) is 24.0 Å². The molecule has 0 saturated heterocycles. The maximum atomic E-state index is 12.6. The Bertz CT molecular complexity index is 800. The van der Waals surface area contributed by atoms with Crippen molar-refractivity contribution in [3.05, 3.63) is 71.8 Å². The predicted octanol–water partition coefficient (Wildman–Crippen LogP) is 5.52. The molecule has 104 valence electrons. The van der Waals surface area contributed by atoms with Crippen LogP contribution in [0.5, 0.6) is 0 Å². The second kappa shape index (κ2) is 6.29. The smallest absolute Gasteiger partial charge is 0.188 e. The summed E-state index contributed by atoms with van der Waals surface area (Å²) in [6.45, 7) is 0. The van der Waals surface area contributed by atoms with Crippen molar-refractivity contribution in [1.29, 1.82) is 0 Å². The molecule has 0 spiro atoms. The minimum atomic E-state index is 0.0700. The maximum absolute atomic E-state index is 12.6. The van der Waals surface area contributed by atoms with Crippen LogP contribution in [0.3, 0.4) is 0 Å². The lowest BCUT2D eigenvalue weighted by atomic mass is 10.1. The second-order valence-electron chi connectivity index (χ2n) is 4.57. The fourth-order valence-corrected chi connectivity index (χ4v) is 4.18.